The molecule has 2 fully saturated rings. The molecule has 1 amide bonds. The predicted molar refractivity (Wildman–Crippen MR) is 77.1 cm³/mol. The number of nitrogens with one attached hydrogen (secondary N) is 2. The molecule has 0 aromatic heterocycles. The van der Waals surface area contributed by atoms with Crippen LogP contribution in [-0.4, -0.2) is 25.0 Å². The molecule has 0 spiro atoms. The Kier molecular flexibility index (Phi) is 7.68. The van der Waals surface area contributed by atoms with E-state index in [9.17, 15) is 4.79 Å². The topological polar surface area (TPSA) is 41.1 Å². The second kappa shape index (κ2) is 8.76. The third-order valence-corrected chi connectivity index (χ3v) is 4.17. The quantitative estimate of drug-likeness (QED) is 0.809. The molecule has 1 atom stereocenters. The average molecular weight is 275 g/mol. The summed E-state index contributed by atoms with van der Waals surface area (Å²) in [5.41, 5.74) is 0. The Morgan fingerprint density at radius 2 is 1.94 bits per heavy atom. The van der Waals surface area contributed by atoms with E-state index in [1.54, 1.807) is 0 Å². The standard InChI is InChI=1S/C14H26N2O.ClH/c17-14(16-13-9-10-15-11-13)8-4-7-12-5-2-1-3-6-12;/h12-13,15H,1-11H2,(H,16,17);1H. The molecule has 4 heteroatoms. The molecule has 0 aromatic rings. The molecule has 0 bridgehead atoms. The lowest BCUT2D eigenvalue weighted by Gasteiger charge is -2.21. The summed E-state index contributed by atoms with van der Waals surface area (Å²) in [4.78, 5) is 11.7. The van der Waals surface area contributed by atoms with Crippen LogP contribution in [0.1, 0.15) is 57.8 Å². The van der Waals surface area contributed by atoms with Gasteiger partial charge >= 0.3 is 0 Å². The van der Waals surface area contributed by atoms with Crippen LogP contribution in [0, 0.1) is 5.92 Å². The van der Waals surface area contributed by atoms with Crippen LogP contribution in [-0.2, 0) is 4.79 Å². The Morgan fingerprint density at radius 1 is 1.17 bits per heavy atom. The first-order valence-corrected chi connectivity index (χ1v) is 7.34. The van der Waals surface area contributed by atoms with E-state index in [0.29, 0.717) is 6.04 Å². The van der Waals surface area contributed by atoms with Crippen LogP contribution in [0.5, 0.6) is 0 Å². The van der Waals surface area contributed by atoms with E-state index < -0.39 is 0 Å². The third-order valence-electron chi connectivity index (χ3n) is 4.17. The van der Waals surface area contributed by atoms with E-state index >= 15 is 0 Å². The van der Waals surface area contributed by atoms with E-state index in [4.69, 9.17) is 0 Å². The Morgan fingerprint density at radius 3 is 2.61 bits per heavy atom. The minimum absolute atomic E-state index is 0. The van der Waals surface area contributed by atoms with Gasteiger partial charge in [-0.3, -0.25) is 4.79 Å². The van der Waals surface area contributed by atoms with Crippen LogP contribution >= 0.6 is 12.4 Å². The summed E-state index contributed by atoms with van der Waals surface area (Å²) < 4.78 is 0. The molecule has 3 nitrogen and oxygen atoms in total. The fraction of sp³-hybridized carbons (Fsp3) is 0.929. The van der Waals surface area contributed by atoms with E-state index in [1.165, 1.54) is 38.5 Å². The van der Waals surface area contributed by atoms with Gasteiger partial charge in [-0.1, -0.05) is 32.1 Å². The number of amides is 1. The van der Waals surface area contributed by atoms with Crippen molar-refractivity contribution >= 4 is 18.3 Å². The van der Waals surface area contributed by atoms with Crippen molar-refractivity contribution in [1.29, 1.82) is 0 Å². The van der Waals surface area contributed by atoms with Crippen LogP contribution in [0.25, 0.3) is 0 Å². The molecule has 2 rings (SSSR count). The molecule has 1 saturated carbocycles. The third kappa shape index (κ3) is 5.57. The monoisotopic (exact) mass is 274 g/mol. The lowest BCUT2D eigenvalue weighted by atomic mass is 9.86. The van der Waals surface area contributed by atoms with Gasteiger partial charge in [0.1, 0.15) is 0 Å². The van der Waals surface area contributed by atoms with Crippen molar-refractivity contribution in [3.05, 3.63) is 0 Å². The minimum Gasteiger partial charge on any atom is -0.352 e. The van der Waals surface area contributed by atoms with Gasteiger partial charge in [-0.05, 0) is 31.7 Å². The number of carbonyl (C=O) groups is 1. The smallest absolute Gasteiger partial charge is 0.220 e. The zero-order valence-corrected chi connectivity index (χ0v) is 12.1. The predicted octanol–water partition coefficient (Wildman–Crippen LogP) is 2.64. The van der Waals surface area contributed by atoms with Crippen LogP contribution < -0.4 is 10.6 Å². The first-order chi connectivity index (χ1) is 8.34. The number of hydrogen-bond acceptors (Lipinski definition) is 2. The van der Waals surface area contributed by atoms with Gasteiger partial charge in [0.25, 0.3) is 0 Å². The molecule has 1 heterocycles. The molecule has 1 aliphatic carbocycles. The summed E-state index contributed by atoms with van der Waals surface area (Å²) in [6, 6.07) is 0.386. The van der Waals surface area contributed by atoms with Crippen LogP contribution in [0.4, 0.5) is 0 Å². The highest BCUT2D eigenvalue weighted by molar-refractivity contribution is 5.85. The van der Waals surface area contributed by atoms with E-state index in [-0.39, 0.29) is 18.3 Å². The maximum absolute atomic E-state index is 11.7. The van der Waals surface area contributed by atoms with Crippen molar-refractivity contribution in [3.8, 4) is 0 Å². The highest BCUT2D eigenvalue weighted by Gasteiger charge is 2.17. The Hall–Kier alpha value is -0.280. The Labute approximate surface area is 117 Å². The van der Waals surface area contributed by atoms with Crippen molar-refractivity contribution in [1.82, 2.24) is 10.6 Å². The van der Waals surface area contributed by atoms with E-state index in [1.807, 2.05) is 0 Å². The van der Waals surface area contributed by atoms with Crippen molar-refractivity contribution in [3.63, 3.8) is 0 Å². The van der Waals surface area contributed by atoms with Crippen LogP contribution in [0.2, 0.25) is 0 Å². The molecular formula is C14H27ClN2O. The highest BCUT2D eigenvalue weighted by atomic mass is 35.5. The molecule has 0 radical (unpaired) electrons. The SMILES string of the molecule is Cl.O=C(CCCC1CCCCC1)NC1CCNC1. The van der Waals surface area contributed by atoms with Gasteiger partial charge in [0.2, 0.25) is 5.91 Å². The highest BCUT2D eigenvalue weighted by Crippen LogP contribution is 2.27. The maximum Gasteiger partial charge on any atom is 0.220 e. The van der Waals surface area contributed by atoms with Gasteiger partial charge in [0, 0.05) is 19.0 Å². The van der Waals surface area contributed by atoms with E-state index in [2.05, 4.69) is 10.6 Å². The van der Waals surface area contributed by atoms with Crippen LogP contribution in [0.15, 0.2) is 0 Å². The lowest BCUT2D eigenvalue weighted by molar-refractivity contribution is -0.121. The first kappa shape index (κ1) is 15.8. The van der Waals surface area contributed by atoms with Crippen molar-refractivity contribution in [2.45, 2.75) is 63.8 Å². The fourth-order valence-corrected chi connectivity index (χ4v) is 3.10. The zero-order valence-electron chi connectivity index (χ0n) is 11.2. The second-order valence-corrected chi connectivity index (χ2v) is 5.65. The molecule has 2 N–H and O–H groups in total. The van der Waals surface area contributed by atoms with E-state index in [0.717, 1.165) is 38.3 Å². The van der Waals surface area contributed by atoms with Gasteiger partial charge in [-0.2, -0.15) is 0 Å². The largest absolute Gasteiger partial charge is 0.352 e. The number of carbonyl (C=O) groups excluding carboxylic acids is 1. The Balaban J connectivity index is 0.00000162. The average Bonchev–Trinajstić information content (AvgIpc) is 2.83. The van der Waals surface area contributed by atoms with Gasteiger partial charge in [-0.15, -0.1) is 12.4 Å². The van der Waals surface area contributed by atoms with Gasteiger partial charge < -0.3 is 10.6 Å². The fourth-order valence-electron chi connectivity index (χ4n) is 3.10. The Bertz CT molecular complexity index is 236. The summed E-state index contributed by atoms with van der Waals surface area (Å²) in [5.74, 6) is 1.17. The molecule has 1 unspecified atom stereocenters. The summed E-state index contributed by atoms with van der Waals surface area (Å²) in [6.07, 6.45) is 11.2. The summed E-state index contributed by atoms with van der Waals surface area (Å²) >= 11 is 0. The van der Waals surface area contributed by atoms with Crippen molar-refractivity contribution in [2.24, 2.45) is 5.92 Å². The maximum atomic E-state index is 11.7. The molecule has 1 saturated heterocycles. The minimum atomic E-state index is 0. The number of halogens is 1. The first-order valence-electron chi connectivity index (χ1n) is 7.34. The lowest BCUT2D eigenvalue weighted by Crippen LogP contribution is -2.36. The second-order valence-electron chi connectivity index (χ2n) is 5.65. The van der Waals surface area contributed by atoms with Gasteiger partial charge in [-0.25, -0.2) is 0 Å². The number of hydrogen-bond donors (Lipinski definition) is 2. The molecular weight excluding hydrogens is 248 g/mol. The molecule has 2 aliphatic rings. The summed E-state index contributed by atoms with van der Waals surface area (Å²) in [7, 11) is 0. The normalized spacial score (nSPS) is 24.6. The van der Waals surface area contributed by atoms with Gasteiger partial charge in [0.05, 0.1) is 0 Å². The molecule has 106 valence electrons. The van der Waals surface area contributed by atoms with Crippen molar-refractivity contribution in [2.75, 3.05) is 13.1 Å². The molecule has 18 heavy (non-hydrogen) atoms. The summed E-state index contributed by atoms with van der Waals surface area (Å²) in [5, 5.41) is 6.39. The van der Waals surface area contributed by atoms with Gasteiger partial charge in [0.15, 0.2) is 0 Å². The zero-order chi connectivity index (χ0) is 11.9. The van der Waals surface area contributed by atoms with Crippen molar-refractivity contribution < 1.29 is 4.79 Å². The number of rotatable bonds is 5. The molecule has 1 aliphatic heterocycles. The van der Waals surface area contributed by atoms with Crippen LogP contribution in [0.3, 0.4) is 0 Å². The molecule has 0 aromatic carbocycles. The summed E-state index contributed by atoms with van der Waals surface area (Å²) in [6.45, 7) is 2.00.